The highest BCUT2D eigenvalue weighted by Gasteiger charge is 2.17. The molecule has 0 spiro atoms. The summed E-state index contributed by atoms with van der Waals surface area (Å²) in [5, 5.41) is 2.96. The number of nitrogens with one attached hydrogen (secondary N) is 1. The summed E-state index contributed by atoms with van der Waals surface area (Å²) < 4.78 is 5.90. The SMILES string of the molecule is Cc1cc(C)c(C)c(O[C@@H](C)C(=O)Nc2cccc(C)c2C)c1. The summed E-state index contributed by atoms with van der Waals surface area (Å²) >= 11 is 0. The lowest BCUT2D eigenvalue weighted by Gasteiger charge is -2.19. The predicted octanol–water partition coefficient (Wildman–Crippen LogP) is 4.63. The molecule has 2 aromatic rings. The molecule has 0 aliphatic rings. The predicted molar refractivity (Wildman–Crippen MR) is 95.3 cm³/mol. The van der Waals surface area contributed by atoms with Crippen LogP contribution in [-0.4, -0.2) is 12.0 Å². The van der Waals surface area contributed by atoms with Crippen molar-refractivity contribution in [1.82, 2.24) is 0 Å². The highest BCUT2D eigenvalue weighted by Crippen LogP contribution is 2.25. The average Bonchev–Trinajstić information content (AvgIpc) is 2.48. The van der Waals surface area contributed by atoms with Gasteiger partial charge in [0.2, 0.25) is 0 Å². The summed E-state index contributed by atoms with van der Waals surface area (Å²) in [6, 6.07) is 9.98. The largest absolute Gasteiger partial charge is 0.481 e. The fraction of sp³-hybridized carbons (Fsp3) is 0.350. The third-order valence-corrected chi connectivity index (χ3v) is 4.30. The zero-order valence-electron chi connectivity index (χ0n) is 14.8. The van der Waals surface area contributed by atoms with Gasteiger partial charge in [-0.25, -0.2) is 0 Å². The van der Waals surface area contributed by atoms with Gasteiger partial charge in [-0.15, -0.1) is 0 Å². The number of anilines is 1. The maximum atomic E-state index is 12.4. The van der Waals surface area contributed by atoms with Gasteiger partial charge in [-0.2, -0.15) is 0 Å². The van der Waals surface area contributed by atoms with Gasteiger partial charge in [0.1, 0.15) is 5.75 Å². The number of carbonyl (C=O) groups is 1. The molecule has 2 rings (SSSR count). The van der Waals surface area contributed by atoms with E-state index in [1.807, 2.05) is 52.0 Å². The van der Waals surface area contributed by atoms with Crippen LogP contribution in [0.4, 0.5) is 5.69 Å². The second-order valence-electron chi connectivity index (χ2n) is 6.20. The van der Waals surface area contributed by atoms with Crippen molar-refractivity contribution in [3.05, 3.63) is 58.1 Å². The topological polar surface area (TPSA) is 38.3 Å². The molecule has 1 N–H and O–H groups in total. The number of rotatable bonds is 4. The summed E-state index contributed by atoms with van der Waals surface area (Å²) in [7, 11) is 0. The first-order valence-electron chi connectivity index (χ1n) is 7.91. The maximum absolute atomic E-state index is 12.4. The Kier molecular flexibility index (Phi) is 5.09. The molecule has 2 aromatic carbocycles. The molecule has 0 saturated heterocycles. The molecule has 0 saturated carbocycles. The Balaban J connectivity index is 2.13. The lowest BCUT2D eigenvalue weighted by atomic mass is 10.1. The van der Waals surface area contributed by atoms with Crippen LogP contribution in [0.2, 0.25) is 0 Å². The van der Waals surface area contributed by atoms with Crippen LogP contribution in [0, 0.1) is 34.6 Å². The Morgan fingerprint density at radius 3 is 2.39 bits per heavy atom. The monoisotopic (exact) mass is 311 g/mol. The van der Waals surface area contributed by atoms with Crippen LogP contribution in [0.3, 0.4) is 0 Å². The molecule has 0 unspecified atom stereocenters. The van der Waals surface area contributed by atoms with E-state index in [1.54, 1.807) is 6.92 Å². The van der Waals surface area contributed by atoms with E-state index < -0.39 is 6.10 Å². The number of ether oxygens (including phenoxy) is 1. The zero-order chi connectivity index (χ0) is 17.1. The van der Waals surface area contributed by atoms with Crippen LogP contribution in [0.1, 0.15) is 34.7 Å². The van der Waals surface area contributed by atoms with Crippen LogP contribution >= 0.6 is 0 Å². The van der Waals surface area contributed by atoms with E-state index in [0.29, 0.717) is 0 Å². The Labute approximate surface area is 138 Å². The highest BCUT2D eigenvalue weighted by atomic mass is 16.5. The highest BCUT2D eigenvalue weighted by molar-refractivity contribution is 5.94. The van der Waals surface area contributed by atoms with Gasteiger partial charge in [0, 0.05) is 5.69 Å². The molecule has 0 radical (unpaired) electrons. The third kappa shape index (κ3) is 3.92. The molecular formula is C20H25NO2. The minimum atomic E-state index is -0.560. The second-order valence-corrected chi connectivity index (χ2v) is 6.20. The summed E-state index contributed by atoms with van der Waals surface area (Å²) in [5.74, 6) is 0.628. The van der Waals surface area contributed by atoms with Crippen LogP contribution in [-0.2, 0) is 4.79 Å². The van der Waals surface area contributed by atoms with E-state index >= 15 is 0 Å². The molecule has 122 valence electrons. The molecule has 0 aliphatic carbocycles. The van der Waals surface area contributed by atoms with E-state index in [1.165, 1.54) is 5.56 Å². The average molecular weight is 311 g/mol. The Morgan fingerprint density at radius 2 is 1.70 bits per heavy atom. The quantitative estimate of drug-likeness (QED) is 0.893. The van der Waals surface area contributed by atoms with E-state index in [4.69, 9.17) is 4.74 Å². The maximum Gasteiger partial charge on any atom is 0.265 e. The van der Waals surface area contributed by atoms with Gasteiger partial charge >= 0.3 is 0 Å². The minimum Gasteiger partial charge on any atom is -0.481 e. The molecule has 3 heteroatoms. The first kappa shape index (κ1) is 17.1. The fourth-order valence-corrected chi connectivity index (χ4v) is 2.49. The normalized spacial score (nSPS) is 11.9. The smallest absolute Gasteiger partial charge is 0.265 e. The van der Waals surface area contributed by atoms with Crippen LogP contribution in [0.15, 0.2) is 30.3 Å². The molecular weight excluding hydrogens is 286 g/mol. The number of hydrogen-bond donors (Lipinski definition) is 1. The number of benzene rings is 2. The van der Waals surface area contributed by atoms with Gasteiger partial charge in [-0.3, -0.25) is 4.79 Å². The van der Waals surface area contributed by atoms with Gasteiger partial charge in [-0.05, 0) is 81.5 Å². The van der Waals surface area contributed by atoms with E-state index in [0.717, 1.165) is 33.7 Å². The van der Waals surface area contributed by atoms with E-state index in [9.17, 15) is 4.79 Å². The Morgan fingerprint density at radius 1 is 1.00 bits per heavy atom. The molecule has 0 aliphatic heterocycles. The molecule has 0 heterocycles. The van der Waals surface area contributed by atoms with Crippen molar-refractivity contribution in [2.24, 2.45) is 0 Å². The van der Waals surface area contributed by atoms with Crippen molar-refractivity contribution >= 4 is 11.6 Å². The molecule has 1 amide bonds. The van der Waals surface area contributed by atoms with Crippen molar-refractivity contribution < 1.29 is 9.53 Å². The van der Waals surface area contributed by atoms with Gasteiger partial charge < -0.3 is 10.1 Å². The van der Waals surface area contributed by atoms with Gasteiger partial charge in [-0.1, -0.05) is 18.2 Å². The number of aryl methyl sites for hydroxylation is 3. The van der Waals surface area contributed by atoms with E-state index in [2.05, 4.69) is 18.3 Å². The second kappa shape index (κ2) is 6.86. The van der Waals surface area contributed by atoms with Crippen LogP contribution in [0.25, 0.3) is 0 Å². The fourth-order valence-electron chi connectivity index (χ4n) is 2.49. The number of hydrogen-bond acceptors (Lipinski definition) is 2. The number of carbonyl (C=O) groups excluding carboxylic acids is 1. The summed E-state index contributed by atoms with van der Waals surface area (Å²) in [6.45, 7) is 11.9. The summed E-state index contributed by atoms with van der Waals surface area (Å²) in [5.41, 5.74) is 6.44. The van der Waals surface area contributed by atoms with Gasteiger partial charge in [0.25, 0.3) is 5.91 Å². The van der Waals surface area contributed by atoms with Gasteiger partial charge in [0.15, 0.2) is 6.10 Å². The minimum absolute atomic E-state index is 0.141. The lowest BCUT2D eigenvalue weighted by molar-refractivity contribution is -0.122. The van der Waals surface area contributed by atoms with Crippen LogP contribution in [0.5, 0.6) is 5.75 Å². The van der Waals surface area contributed by atoms with Crippen molar-refractivity contribution in [2.75, 3.05) is 5.32 Å². The zero-order valence-corrected chi connectivity index (χ0v) is 14.8. The standard InChI is InChI=1S/C20H25NO2/c1-12-10-14(3)16(5)19(11-12)23-17(6)20(22)21-18-9-7-8-13(2)15(18)4/h7-11,17H,1-6H3,(H,21,22)/t17-/m0/s1. The third-order valence-electron chi connectivity index (χ3n) is 4.30. The van der Waals surface area contributed by atoms with Crippen molar-refractivity contribution in [2.45, 2.75) is 47.6 Å². The van der Waals surface area contributed by atoms with Crippen LogP contribution < -0.4 is 10.1 Å². The number of amides is 1. The van der Waals surface area contributed by atoms with Crippen molar-refractivity contribution in [1.29, 1.82) is 0 Å². The Hall–Kier alpha value is -2.29. The van der Waals surface area contributed by atoms with Gasteiger partial charge in [0.05, 0.1) is 0 Å². The molecule has 23 heavy (non-hydrogen) atoms. The molecule has 0 fully saturated rings. The summed E-state index contributed by atoms with van der Waals surface area (Å²) in [6.07, 6.45) is -0.560. The molecule has 0 bridgehead atoms. The molecule has 1 atom stereocenters. The Bertz CT molecular complexity index is 735. The first-order valence-corrected chi connectivity index (χ1v) is 7.91. The summed E-state index contributed by atoms with van der Waals surface area (Å²) in [4.78, 5) is 12.4. The first-order chi connectivity index (χ1) is 10.8. The molecule has 0 aromatic heterocycles. The van der Waals surface area contributed by atoms with E-state index in [-0.39, 0.29) is 5.91 Å². The lowest BCUT2D eigenvalue weighted by Crippen LogP contribution is -2.30. The van der Waals surface area contributed by atoms with Crippen molar-refractivity contribution in [3.8, 4) is 5.75 Å². The van der Waals surface area contributed by atoms with Crippen molar-refractivity contribution in [3.63, 3.8) is 0 Å². The molecule has 3 nitrogen and oxygen atoms in total.